The molecule has 1 amide bonds. The van der Waals surface area contributed by atoms with Gasteiger partial charge >= 0.3 is 0 Å². The highest BCUT2D eigenvalue weighted by molar-refractivity contribution is 6.30. The van der Waals surface area contributed by atoms with Crippen molar-refractivity contribution in [1.29, 1.82) is 0 Å². The lowest BCUT2D eigenvalue weighted by atomic mass is 10.1. The van der Waals surface area contributed by atoms with E-state index in [2.05, 4.69) is 15.5 Å². The van der Waals surface area contributed by atoms with Crippen LogP contribution in [0.2, 0.25) is 5.02 Å². The van der Waals surface area contributed by atoms with Crippen LogP contribution in [-0.2, 0) is 0 Å². The summed E-state index contributed by atoms with van der Waals surface area (Å²) in [6.07, 6.45) is 0. The Hall–Kier alpha value is -2.79. The first-order chi connectivity index (χ1) is 12.1. The van der Waals surface area contributed by atoms with Gasteiger partial charge in [0.05, 0.1) is 18.8 Å². The van der Waals surface area contributed by atoms with Gasteiger partial charge in [0.15, 0.2) is 0 Å². The second kappa shape index (κ2) is 7.40. The lowest BCUT2D eigenvalue weighted by Crippen LogP contribution is -2.26. The van der Waals surface area contributed by atoms with Crippen molar-refractivity contribution in [2.75, 3.05) is 7.11 Å². The number of methoxy groups -OCH3 is 1. The van der Waals surface area contributed by atoms with E-state index in [1.807, 2.05) is 43.3 Å². The Kier molecular flexibility index (Phi) is 5.05. The second-order valence-corrected chi connectivity index (χ2v) is 6.08. The first-order valence-electron chi connectivity index (χ1n) is 7.83. The van der Waals surface area contributed by atoms with Crippen molar-refractivity contribution in [3.8, 4) is 17.0 Å². The van der Waals surface area contributed by atoms with Crippen molar-refractivity contribution in [1.82, 2.24) is 15.5 Å². The number of carbonyl (C=O) groups excluding carboxylic acids is 1. The van der Waals surface area contributed by atoms with Crippen LogP contribution in [0.4, 0.5) is 0 Å². The molecule has 0 bridgehead atoms. The van der Waals surface area contributed by atoms with Crippen LogP contribution >= 0.6 is 11.6 Å². The molecule has 6 heteroatoms. The fraction of sp³-hybridized carbons (Fsp3) is 0.158. The van der Waals surface area contributed by atoms with E-state index in [1.54, 1.807) is 25.3 Å². The van der Waals surface area contributed by atoms with Crippen LogP contribution in [0.5, 0.6) is 5.75 Å². The number of carbonyl (C=O) groups is 1. The number of H-pyrrole nitrogens is 1. The monoisotopic (exact) mass is 355 g/mol. The van der Waals surface area contributed by atoms with Gasteiger partial charge in [-0.05, 0) is 42.8 Å². The van der Waals surface area contributed by atoms with Crippen LogP contribution in [0, 0.1) is 0 Å². The first-order valence-corrected chi connectivity index (χ1v) is 8.21. The Morgan fingerprint density at radius 3 is 2.48 bits per heavy atom. The molecule has 3 rings (SSSR count). The van der Waals surface area contributed by atoms with Gasteiger partial charge in [0.25, 0.3) is 5.91 Å². The summed E-state index contributed by atoms with van der Waals surface area (Å²) in [4.78, 5) is 12.4. The minimum absolute atomic E-state index is 0.138. The van der Waals surface area contributed by atoms with E-state index in [0.29, 0.717) is 16.4 Å². The number of rotatable bonds is 5. The molecule has 0 saturated heterocycles. The maximum Gasteiger partial charge on any atom is 0.269 e. The number of benzene rings is 2. The highest BCUT2D eigenvalue weighted by Gasteiger charge is 2.14. The lowest BCUT2D eigenvalue weighted by Gasteiger charge is -2.14. The molecular formula is C19H18ClN3O2. The maximum atomic E-state index is 12.4. The molecule has 128 valence electrons. The number of ether oxygens (including phenoxy) is 1. The number of nitrogens with zero attached hydrogens (tertiary/aromatic N) is 1. The highest BCUT2D eigenvalue weighted by atomic mass is 35.5. The summed E-state index contributed by atoms with van der Waals surface area (Å²) in [6.45, 7) is 1.93. The Morgan fingerprint density at radius 1 is 1.16 bits per heavy atom. The van der Waals surface area contributed by atoms with E-state index in [-0.39, 0.29) is 11.9 Å². The average Bonchev–Trinajstić information content (AvgIpc) is 3.12. The number of hydrogen-bond acceptors (Lipinski definition) is 3. The predicted molar refractivity (Wildman–Crippen MR) is 97.9 cm³/mol. The highest BCUT2D eigenvalue weighted by Crippen LogP contribution is 2.21. The number of amides is 1. The maximum absolute atomic E-state index is 12.4. The number of aromatic nitrogens is 2. The molecule has 1 aromatic heterocycles. The van der Waals surface area contributed by atoms with Gasteiger partial charge in [0.1, 0.15) is 11.4 Å². The zero-order valence-corrected chi connectivity index (χ0v) is 14.7. The summed E-state index contributed by atoms with van der Waals surface area (Å²) in [5.41, 5.74) is 2.98. The molecule has 2 N–H and O–H groups in total. The van der Waals surface area contributed by atoms with E-state index in [9.17, 15) is 4.79 Å². The minimum Gasteiger partial charge on any atom is -0.497 e. The van der Waals surface area contributed by atoms with Crippen molar-refractivity contribution in [3.05, 3.63) is 70.9 Å². The van der Waals surface area contributed by atoms with Crippen LogP contribution in [0.1, 0.15) is 29.0 Å². The quantitative estimate of drug-likeness (QED) is 0.719. The van der Waals surface area contributed by atoms with Gasteiger partial charge in [-0.1, -0.05) is 35.9 Å². The molecule has 2 aromatic carbocycles. The van der Waals surface area contributed by atoms with Gasteiger partial charge < -0.3 is 10.1 Å². The van der Waals surface area contributed by atoms with Gasteiger partial charge in [-0.2, -0.15) is 5.10 Å². The molecule has 0 aliphatic rings. The van der Waals surface area contributed by atoms with Crippen LogP contribution in [-0.4, -0.2) is 23.2 Å². The molecular weight excluding hydrogens is 338 g/mol. The smallest absolute Gasteiger partial charge is 0.269 e. The summed E-state index contributed by atoms with van der Waals surface area (Å²) in [5, 5.41) is 10.6. The zero-order valence-electron chi connectivity index (χ0n) is 13.9. The van der Waals surface area contributed by atoms with Crippen molar-refractivity contribution >= 4 is 17.5 Å². The Bertz CT molecular complexity index is 857. The lowest BCUT2D eigenvalue weighted by molar-refractivity contribution is 0.0935. The second-order valence-electron chi connectivity index (χ2n) is 5.64. The van der Waals surface area contributed by atoms with Crippen molar-refractivity contribution in [3.63, 3.8) is 0 Å². The topological polar surface area (TPSA) is 67.0 Å². The van der Waals surface area contributed by atoms with Crippen molar-refractivity contribution < 1.29 is 9.53 Å². The fourth-order valence-electron chi connectivity index (χ4n) is 2.46. The van der Waals surface area contributed by atoms with Gasteiger partial charge in [0.2, 0.25) is 0 Å². The molecule has 0 unspecified atom stereocenters. The van der Waals surface area contributed by atoms with E-state index < -0.39 is 0 Å². The van der Waals surface area contributed by atoms with Crippen LogP contribution in [0.25, 0.3) is 11.3 Å². The Labute approximate surface area is 151 Å². The average molecular weight is 356 g/mol. The Morgan fingerprint density at radius 2 is 1.84 bits per heavy atom. The summed E-state index contributed by atoms with van der Waals surface area (Å²) in [5.74, 6) is 0.569. The van der Waals surface area contributed by atoms with Crippen LogP contribution < -0.4 is 10.1 Å². The number of nitrogens with one attached hydrogen (secondary N) is 2. The number of hydrogen-bond donors (Lipinski definition) is 2. The SMILES string of the molecule is COc1ccc([C@@H](C)NC(=O)c2cc(-c3ccc(Cl)cc3)n[nH]2)cc1. The van der Waals surface area contributed by atoms with Gasteiger partial charge in [-0.3, -0.25) is 9.89 Å². The van der Waals surface area contributed by atoms with Gasteiger partial charge in [0, 0.05) is 10.6 Å². The largest absolute Gasteiger partial charge is 0.497 e. The molecule has 3 aromatic rings. The molecule has 1 heterocycles. The standard InChI is InChI=1S/C19H18ClN3O2/c1-12(13-5-9-16(25-2)10-6-13)21-19(24)18-11-17(22-23-18)14-3-7-15(20)8-4-14/h3-12H,1-2H3,(H,21,24)(H,22,23)/t12-/m1/s1. The molecule has 0 fully saturated rings. The molecule has 0 spiro atoms. The molecule has 5 nitrogen and oxygen atoms in total. The van der Waals surface area contributed by atoms with E-state index in [0.717, 1.165) is 16.9 Å². The van der Waals surface area contributed by atoms with Gasteiger partial charge in [-0.25, -0.2) is 0 Å². The van der Waals surface area contributed by atoms with Crippen LogP contribution in [0.3, 0.4) is 0 Å². The van der Waals surface area contributed by atoms with Crippen molar-refractivity contribution in [2.24, 2.45) is 0 Å². The Balaban J connectivity index is 1.69. The molecule has 0 aliphatic carbocycles. The molecule has 1 atom stereocenters. The summed E-state index contributed by atoms with van der Waals surface area (Å²) < 4.78 is 5.14. The van der Waals surface area contributed by atoms with E-state index >= 15 is 0 Å². The third-order valence-electron chi connectivity index (χ3n) is 3.93. The van der Waals surface area contributed by atoms with Crippen LogP contribution in [0.15, 0.2) is 54.6 Å². The summed E-state index contributed by atoms with van der Waals surface area (Å²) >= 11 is 5.89. The summed E-state index contributed by atoms with van der Waals surface area (Å²) in [7, 11) is 1.62. The fourth-order valence-corrected chi connectivity index (χ4v) is 2.58. The predicted octanol–water partition coefficient (Wildman–Crippen LogP) is 4.23. The third kappa shape index (κ3) is 4.00. The number of halogens is 1. The van der Waals surface area contributed by atoms with Gasteiger partial charge in [-0.15, -0.1) is 0 Å². The summed E-state index contributed by atoms with van der Waals surface area (Å²) in [6, 6.07) is 16.5. The molecule has 25 heavy (non-hydrogen) atoms. The number of aromatic amines is 1. The normalized spacial score (nSPS) is 11.8. The van der Waals surface area contributed by atoms with Crippen molar-refractivity contribution in [2.45, 2.75) is 13.0 Å². The molecule has 0 radical (unpaired) electrons. The molecule has 0 saturated carbocycles. The van der Waals surface area contributed by atoms with E-state index in [4.69, 9.17) is 16.3 Å². The minimum atomic E-state index is -0.212. The molecule has 0 aliphatic heterocycles. The zero-order chi connectivity index (χ0) is 17.8. The van der Waals surface area contributed by atoms with E-state index in [1.165, 1.54) is 0 Å². The first kappa shape index (κ1) is 17.0. The third-order valence-corrected chi connectivity index (χ3v) is 4.18.